The minimum Gasteiger partial charge on any atom is -0.348 e. The zero-order valence-corrected chi connectivity index (χ0v) is 10.4. The van der Waals surface area contributed by atoms with Crippen LogP contribution in [-0.2, 0) is 0 Å². The maximum atomic E-state index is 11.5. The van der Waals surface area contributed by atoms with Gasteiger partial charge >= 0.3 is 0 Å². The lowest BCUT2D eigenvalue weighted by Crippen LogP contribution is -2.08. The predicted molar refractivity (Wildman–Crippen MR) is 71.3 cm³/mol. The third-order valence-corrected chi connectivity index (χ3v) is 3.14. The van der Waals surface area contributed by atoms with Crippen molar-refractivity contribution in [2.24, 2.45) is 0 Å². The minimum absolute atomic E-state index is 0.00549. The van der Waals surface area contributed by atoms with Gasteiger partial charge in [-0.25, -0.2) is 0 Å². The molecule has 0 aliphatic rings. The van der Waals surface area contributed by atoms with E-state index in [1.807, 2.05) is 25.1 Å². The second kappa shape index (κ2) is 4.63. The lowest BCUT2D eigenvalue weighted by Gasteiger charge is -2.11. The summed E-state index contributed by atoms with van der Waals surface area (Å²) >= 11 is 6.04. The Morgan fingerprint density at radius 3 is 2.71 bits per heavy atom. The molecule has 0 fully saturated rings. The standard InChI is InChI=1S/C13H13ClN2O/c1-8-10(14)4-3-5-11(8)16-13-9(2)12(17)6-7-15-13/h3-7H,1-2H3,(H2,15,16,17). The summed E-state index contributed by atoms with van der Waals surface area (Å²) in [4.78, 5) is 14.5. The Morgan fingerprint density at radius 1 is 1.18 bits per heavy atom. The normalized spacial score (nSPS) is 10.3. The largest absolute Gasteiger partial charge is 0.348 e. The molecule has 0 aliphatic carbocycles. The van der Waals surface area contributed by atoms with E-state index < -0.39 is 0 Å². The van der Waals surface area contributed by atoms with E-state index in [1.54, 1.807) is 13.1 Å². The van der Waals surface area contributed by atoms with Crippen LogP contribution < -0.4 is 10.7 Å². The molecule has 17 heavy (non-hydrogen) atoms. The molecule has 2 aromatic rings. The fourth-order valence-corrected chi connectivity index (χ4v) is 1.74. The molecule has 0 saturated heterocycles. The molecule has 0 amide bonds. The van der Waals surface area contributed by atoms with Gasteiger partial charge in [-0.3, -0.25) is 4.79 Å². The number of hydrogen-bond donors (Lipinski definition) is 2. The Labute approximate surface area is 104 Å². The van der Waals surface area contributed by atoms with E-state index in [2.05, 4.69) is 10.3 Å². The summed E-state index contributed by atoms with van der Waals surface area (Å²) in [6, 6.07) is 7.13. The molecule has 1 aromatic carbocycles. The summed E-state index contributed by atoms with van der Waals surface area (Å²) in [7, 11) is 0. The van der Waals surface area contributed by atoms with E-state index in [0.29, 0.717) is 16.4 Å². The van der Waals surface area contributed by atoms with Gasteiger partial charge in [-0.2, -0.15) is 0 Å². The van der Waals surface area contributed by atoms with Crippen molar-refractivity contribution in [3.8, 4) is 0 Å². The van der Waals surface area contributed by atoms with Gasteiger partial charge in [-0.05, 0) is 31.5 Å². The van der Waals surface area contributed by atoms with Crippen LogP contribution in [0.1, 0.15) is 11.1 Å². The second-order valence-corrected chi connectivity index (χ2v) is 4.29. The Balaban J connectivity index is 2.42. The molecule has 0 unspecified atom stereocenters. The Kier molecular flexibility index (Phi) is 3.20. The molecule has 1 aromatic heterocycles. The van der Waals surface area contributed by atoms with Crippen LogP contribution in [0, 0.1) is 13.8 Å². The van der Waals surface area contributed by atoms with Crippen molar-refractivity contribution in [1.29, 1.82) is 0 Å². The molecule has 2 rings (SSSR count). The van der Waals surface area contributed by atoms with Crippen molar-refractivity contribution >= 4 is 23.1 Å². The molecular formula is C13H13ClN2O. The number of rotatable bonds is 2. The van der Waals surface area contributed by atoms with Gasteiger partial charge in [0.05, 0.1) is 0 Å². The lowest BCUT2D eigenvalue weighted by atomic mass is 10.2. The first-order valence-corrected chi connectivity index (χ1v) is 5.68. The maximum absolute atomic E-state index is 11.5. The molecule has 2 N–H and O–H groups in total. The van der Waals surface area contributed by atoms with Crippen LogP contribution in [-0.4, -0.2) is 4.98 Å². The van der Waals surface area contributed by atoms with Crippen molar-refractivity contribution < 1.29 is 0 Å². The average molecular weight is 249 g/mol. The van der Waals surface area contributed by atoms with Crippen LogP contribution in [0.4, 0.5) is 11.5 Å². The van der Waals surface area contributed by atoms with Crippen molar-refractivity contribution in [2.45, 2.75) is 13.8 Å². The number of H-pyrrole nitrogens is 1. The van der Waals surface area contributed by atoms with E-state index in [-0.39, 0.29) is 5.43 Å². The van der Waals surface area contributed by atoms with Gasteiger partial charge in [0.15, 0.2) is 5.43 Å². The smallest absolute Gasteiger partial charge is 0.186 e. The minimum atomic E-state index is 0.00549. The van der Waals surface area contributed by atoms with Gasteiger partial charge in [0, 0.05) is 28.5 Å². The number of pyridine rings is 1. The summed E-state index contributed by atoms with van der Waals surface area (Å²) in [5.41, 5.74) is 2.51. The van der Waals surface area contributed by atoms with Gasteiger partial charge in [-0.1, -0.05) is 17.7 Å². The molecule has 0 spiro atoms. The van der Waals surface area contributed by atoms with Crippen LogP contribution in [0.2, 0.25) is 5.02 Å². The van der Waals surface area contributed by atoms with Crippen LogP contribution in [0.15, 0.2) is 35.3 Å². The van der Waals surface area contributed by atoms with Crippen molar-refractivity contribution in [1.82, 2.24) is 4.98 Å². The SMILES string of the molecule is Cc1c(Cl)cccc1Nc1[nH]ccc(=O)c1C. The molecule has 0 bridgehead atoms. The summed E-state index contributed by atoms with van der Waals surface area (Å²) in [5.74, 6) is 0.697. The van der Waals surface area contributed by atoms with Crippen molar-refractivity contribution in [3.05, 3.63) is 56.8 Å². The molecule has 3 nitrogen and oxygen atoms in total. The molecule has 88 valence electrons. The van der Waals surface area contributed by atoms with Crippen LogP contribution >= 0.6 is 11.6 Å². The first-order valence-electron chi connectivity index (χ1n) is 5.30. The predicted octanol–water partition coefficient (Wildman–Crippen LogP) is 3.39. The lowest BCUT2D eigenvalue weighted by molar-refractivity contribution is 1.22. The van der Waals surface area contributed by atoms with Crippen molar-refractivity contribution in [2.75, 3.05) is 5.32 Å². The molecular weight excluding hydrogens is 236 g/mol. The summed E-state index contributed by atoms with van der Waals surface area (Å²) < 4.78 is 0. The zero-order valence-electron chi connectivity index (χ0n) is 9.67. The quantitative estimate of drug-likeness (QED) is 0.856. The Morgan fingerprint density at radius 2 is 1.94 bits per heavy atom. The first-order chi connectivity index (χ1) is 8.09. The summed E-state index contributed by atoms with van der Waals surface area (Å²) in [6.07, 6.45) is 1.62. The highest BCUT2D eigenvalue weighted by Gasteiger charge is 2.05. The second-order valence-electron chi connectivity index (χ2n) is 3.88. The number of halogens is 1. The number of aromatic amines is 1. The van der Waals surface area contributed by atoms with E-state index in [1.165, 1.54) is 6.07 Å². The van der Waals surface area contributed by atoms with Crippen LogP contribution in [0.3, 0.4) is 0 Å². The third kappa shape index (κ3) is 2.34. The summed E-state index contributed by atoms with van der Waals surface area (Å²) in [5, 5.41) is 3.88. The van der Waals surface area contributed by atoms with E-state index >= 15 is 0 Å². The fraction of sp³-hybridized carbons (Fsp3) is 0.154. The number of nitrogens with one attached hydrogen (secondary N) is 2. The van der Waals surface area contributed by atoms with E-state index in [9.17, 15) is 4.79 Å². The Bertz CT molecular complexity index is 605. The van der Waals surface area contributed by atoms with Crippen LogP contribution in [0.25, 0.3) is 0 Å². The molecule has 0 atom stereocenters. The highest BCUT2D eigenvalue weighted by atomic mass is 35.5. The highest BCUT2D eigenvalue weighted by Crippen LogP contribution is 2.25. The van der Waals surface area contributed by atoms with Gasteiger partial charge in [0.25, 0.3) is 0 Å². The molecule has 0 radical (unpaired) electrons. The molecule has 0 saturated carbocycles. The van der Waals surface area contributed by atoms with Gasteiger partial charge in [0.2, 0.25) is 0 Å². The van der Waals surface area contributed by atoms with E-state index in [4.69, 9.17) is 11.6 Å². The highest BCUT2D eigenvalue weighted by molar-refractivity contribution is 6.31. The van der Waals surface area contributed by atoms with Gasteiger partial charge in [0.1, 0.15) is 5.82 Å². The third-order valence-electron chi connectivity index (χ3n) is 2.73. The zero-order chi connectivity index (χ0) is 12.4. The molecule has 1 heterocycles. The molecule has 0 aliphatic heterocycles. The van der Waals surface area contributed by atoms with E-state index in [0.717, 1.165) is 11.3 Å². The molecule has 4 heteroatoms. The Hall–Kier alpha value is -1.74. The number of anilines is 2. The maximum Gasteiger partial charge on any atom is 0.186 e. The first kappa shape index (κ1) is 11.7. The van der Waals surface area contributed by atoms with Gasteiger partial charge < -0.3 is 10.3 Å². The topological polar surface area (TPSA) is 44.9 Å². The number of hydrogen-bond acceptors (Lipinski definition) is 2. The number of aromatic nitrogens is 1. The monoisotopic (exact) mass is 248 g/mol. The number of benzene rings is 1. The average Bonchev–Trinajstić information content (AvgIpc) is 2.31. The van der Waals surface area contributed by atoms with Crippen LogP contribution in [0.5, 0.6) is 0 Å². The van der Waals surface area contributed by atoms with Crippen molar-refractivity contribution in [3.63, 3.8) is 0 Å². The fourth-order valence-electron chi connectivity index (χ4n) is 1.56. The summed E-state index contributed by atoms with van der Waals surface area (Å²) in [6.45, 7) is 3.71. The van der Waals surface area contributed by atoms with Gasteiger partial charge in [-0.15, -0.1) is 0 Å².